The van der Waals surface area contributed by atoms with E-state index >= 15 is 0 Å². The van der Waals surface area contributed by atoms with Crippen LogP contribution in [-0.4, -0.2) is 25.5 Å². The quantitative estimate of drug-likeness (QED) is 0.788. The standard InChI is InChI=1S/C20H24N2O4/c1-13(2)12-26-17-7-5-6-15(10-17)20(24)22-18-11-16(21-14(3)23)8-9-19(18)25-4/h5-11,13H,12H2,1-4H3,(H,21,23)(H,22,24). The predicted octanol–water partition coefficient (Wildman–Crippen LogP) is 3.94. The molecule has 26 heavy (non-hydrogen) atoms. The van der Waals surface area contributed by atoms with Gasteiger partial charge in [-0.1, -0.05) is 19.9 Å². The molecule has 6 nitrogen and oxygen atoms in total. The molecule has 0 atom stereocenters. The van der Waals surface area contributed by atoms with Gasteiger partial charge in [-0.2, -0.15) is 0 Å². The van der Waals surface area contributed by atoms with Crippen molar-refractivity contribution in [2.75, 3.05) is 24.4 Å². The van der Waals surface area contributed by atoms with E-state index in [2.05, 4.69) is 24.5 Å². The Balaban J connectivity index is 2.18. The summed E-state index contributed by atoms with van der Waals surface area (Å²) in [6.45, 7) is 6.12. The minimum Gasteiger partial charge on any atom is -0.495 e. The Morgan fingerprint density at radius 2 is 1.85 bits per heavy atom. The third kappa shape index (κ3) is 5.51. The summed E-state index contributed by atoms with van der Waals surface area (Å²) in [5.74, 6) is 1.05. The van der Waals surface area contributed by atoms with Crippen molar-refractivity contribution in [3.05, 3.63) is 48.0 Å². The second-order valence-corrected chi connectivity index (χ2v) is 6.28. The second-order valence-electron chi connectivity index (χ2n) is 6.28. The van der Waals surface area contributed by atoms with Crippen molar-refractivity contribution in [2.24, 2.45) is 5.92 Å². The van der Waals surface area contributed by atoms with Gasteiger partial charge in [0.05, 0.1) is 19.4 Å². The Hall–Kier alpha value is -3.02. The molecule has 0 fully saturated rings. The van der Waals surface area contributed by atoms with Crippen LogP contribution in [0.4, 0.5) is 11.4 Å². The summed E-state index contributed by atoms with van der Waals surface area (Å²) in [5, 5.41) is 5.49. The van der Waals surface area contributed by atoms with Crippen LogP contribution in [0.1, 0.15) is 31.1 Å². The van der Waals surface area contributed by atoms with Gasteiger partial charge in [-0.05, 0) is 42.3 Å². The lowest BCUT2D eigenvalue weighted by molar-refractivity contribution is -0.114. The highest BCUT2D eigenvalue weighted by Crippen LogP contribution is 2.28. The molecule has 2 amide bonds. The summed E-state index contributed by atoms with van der Waals surface area (Å²) in [7, 11) is 1.52. The van der Waals surface area contributed by atoms with Gasteiger partial charge in [0.2, 0.25) is 5.91 Å². The lowest BCUT2D eigenvalue weighted by Gasteiger charge is -2.13. The minimum absolute atomic E-state index is 0.192. The van der Waals surface area contributed by atoms with E-state index in [-0.39, 0.29) is 11.8 Å². The number of anilines is 2. The molecular weight excluding hydrogens is 332 g/mol. The largest absolute Gasteiger partial charge is 0.495 e. The van der Waals surface area contributed by atoms with Crippen LogP contribution in [0.25, 0.3) is 0 Å². The molecule has 0 spiro atoms. The Morgan fingerprint density at radius 3 is 2.50 bits per heavy atom. The number of carbonyl (C=O) groups excluding carboxylic acids is 2. The van der Waals surface area contributed by atoms with Crippen LogP contribution in [0.15, 0.2) is 42.5 Å². The molecule has 0 saturated carbocycles. The van der Waals surface area contributed by atoms with Crippen LogP contribution in [0.5, 0.6) is 11.5 Å². The summed E-state index contributed by atoms with van der Waals surface area (Å²) in [6, 6.07) is 12.0. The number of rotatable bonds is 7. The highest BCUT2D eigenvalue weighted by Gasteiger charge is 2.12. The Bertz CT molecular complexity index is 787. The van der Waals surface area contributed by atoms with Crippen molar-refractivity contribution < 1.29 is 19.1 Å². The van der Waals surface area contributed by atoms with E-state index in [9.17, 15) is 9.59 Å². The van der Waals surface area contributed by atoms with Crippen LogP contribution >= 0.6 is 0 Å². The zero-order valence-corrected chi connectivity index (χ0v) is 15.5. The first kappa shape index (κ1) is 19.3. The summed E-state index contributed by atoms with van der Waals surface area (Å²) in [6.07, 6.45) is 0. The molecule has 0 heterocycles. The molecule has 2 rings (SSSR count). The summed E-state index contributed by atoms with van der Waals surface area (Å²) in [5.41, 5.74) is 1.51. The third-order valence-corrected chi connectivity index (χ3v) is 3.45. The van der Waals surface area contributed by atoms with Gasteiger partial charge in [0.25, 0.3) is 5.91 Å². The number of nitrogens with one attached hydrogen (secondary N) is 2. The first-order valence-corrected chi connectivity index (χ1v) is 8.39. The summed E-state index contributed by atoms with van der Waals surface area (Å²) < 4.78 is 10.9. The first-order valence-electron chi connectivity index (χ1n) is 8.39. The summed E-state index contributed by atoms with van der Waals surface area (Å²) in [4.78, 5) is 23.8. The van der Waals surface area contributed by atoms with Gasteiger partial charge >= 0.3 is 0 Å². The fourth-order valence-electron chi connectivity index (χ4n) is 2.27. The lowest BCUT2D eigenvalue weighted by atomic mass is 10.2. The molecular formula is C20H24N2O4. The molecule has 0 aromatic heterocycles. The van der Waals surface area contributed by atoms with E-state index in [0.29, 0.717) is 41.0 Å². The van der Waals surface area contributed by atoms with Crippen molar-refractivity contribution in [1.29, 1.82) is 0 Å². The number of carbonyl (C=O) groups is 2. The predicted molar refractivity (Wildman–Crippen MR) is 102 cm³/mol. The first-order chi connectivity index (χ1) is 12.4. The maximum absolute atomic E-state index is 12.6. The van der Waals surface area contributed by atoms with Crippen molar-refractivity contribution >= 4 is 23.2 Å². The fraction of sp³-hybridized carbons (Fsp3) is 0.300. The van der Waals surface area contributed by atoms with E-state index in [1.807, 2.05) is 6.07 Å². The van der Waals surface area contributed by atoms with Crippen LogP contribution in [0, 0.1) is 5.92 Å². The smallest absolute Gasteiger partial charge is 0.255 e. The average molecular weight is 356 g/mol. The molecule has 2 aromatic rings. The fourth-order valence-corrected chi connectivity index (χ4v) is 2.27. The van der Waals surface area contributed by atoms with Gasteiger partial charge < -0.3 is 20.1 Å². The van der Waals surface area contributed by atoms with Crippen LogP contribution in [-0.2, 0) is 4.79 Å². The number of hydrogen-bond acceptors (Lipinski definition) is 4. The Morgan fingerprint density at radius 1 is 1.08 bits per heavy atom. The van der Waals surface area contributed by atoms with Crippen molar-refractivity contribution in [3.8, 4) is 11.5 Å². The molecule has 2 N–H and O–H groups in total. The highest BCUT2D eigenvalue weighted by molar-refractivity contribution is 6.05. The van der Waals surface area contributed by atoms with E-state index in [1.165, 1.54) is 14.0 Å². The van der Waals surface area contributed by atoms with E-state index in [4.69, 9.17) is 9.47 Å². The normalized spacial score (nSPS) is 10.3. The zero-order chi connectivity index (χ0) is 19.1. The molecule has 0 unspecified atom stereocenters. The highest BCUT2D eigenvalue weighted by atomic mass is 16.5. The van der Waals surface area contributed by atoms with Crippen molar-refractivity contribution in [3.63, 3.8) is 0 Å². The van der Waals surface area contributed by atoms with E-state index in [0.717, 1.165) is 0 Å². The van der Waals surface area contributed by atoms with Crippen molar-refractivity contribution in [2.45, 2.75) is 20.8 Å². The minimum atomic E-state index is -0.293. The number of hydrogen-bond donors (Lipinski definition) is 2. The zero-order valence-electron chi connectivity index (χ0n) is 15.5. The van der Waals surface area contributed by atoms with Gasteiger partial charge in [-0.15, -0.1) is 0 Å². The SMILES string of the molecule is COc1ccc(NC(C)=O)cc1NC(=O)c1cccc(OCC(C)C)c1. The van der Waals surface area contributed by atoms with Gasteiger partial charge in [0, 0.05) is 18.2 Å². The van der Waals surface area contributed by atoms with Crippen LogP contribution in [0.2, 0.25) is 0 Å². The lowest BCUT2D eigenvalue weighted by Crippen LogP contribution is -2.14. The van der Waals surface area contributed by atoms with Crippen molar-refractivity contribution in [1.82, 2.24) is 0 Å². The molecule has 0 bridgehead atoms. The number of benzene rings is 2. The van der Waals surface area contributed by atoms with Gasteiger partial charge in [0.15, 0.2) is 0 Å². The van der Waals surface area contributed by atoms with Gasteiger partial charge in [-0.25, -0.2) is 0 Å². The maximum atomic E-state index is 12.6. The number of amides is 2. The molecule has 2 aromatic carbocycles. The maximum Gasteiger partial charge on any atom is 0.255 e. The van der Waals surface area contributed by atoms with Gasteiger partial charge in [-0.3, -0.25) is 9.59 Å². The van der Waals surface area contributed by atoms with E-state index < -0.39 is 0 Å². The molecule has 0 radical (unpaired) electrons. The summed E-state index contributed by atoms with van der Waals surface area (Å²) >= 11 is 0. The van der Waals surface area contributed by atoms with E-state index in [1.54, 1.807) is 36.4 Å². The molecule has 6 heteroatoms. The monoisotopic (exact) mass is 356 g/mol. The molecule has 0 aliphatic rings. The van der Waals surface area contributed by atoms with Gasteiger partial charge in [0.1, 0.15) is 11.5 Å². The van der Waals surface area contributed by atoms with Crippen LogP contribution < -0.4 is 20.1 Å². The molecule has 0 aliphatic carbocycles. The number of ether oxygens (including phenoxy) is 2. The number of methoxy groups -OCH3 is 1. The van der Waals surface area contributed by atoms with Crippen LogP contribution in [0.3, 0.4) is 0 Å². The molecule has 138 valence electrons. The Kier molecular flexibility index (Phi) is 6.60. The third-order valence-electron chi connectivity index (χ3n) is 3.45. The average Bonchev–Trinajstić information content (AvgIpc) is 2.60. The topological polar surface area (TPSA) is 76.7 Å². The Labute approximate surface area is 153 Å². The molecule has 0 aliphatic heterocycles. The molecule has 0 saturated heterocycles. The second kappa shape index (κ2) is 8.89.